The van der Waals surface area contributed by atoms with E-state index < -0.39 is 28.2 Å². The second-order valence-corrected chi connectivity index (χ2v) is 2.20. The van der Waals surface area contributed by atoms with Crippen molar-refractivity contribution in [1.82, 2.24) is 4.98 Å². The van der Waals surface area contributed by atoms with Gasteiger partial charge >= 0.3 is 0 Å². The maximum absolute atomic E-state index is 12.1. The normalized spacial score (nSPS) is 10.4. The van der Waals surface area contributed by atoms with Gasteiger partial charge in [-0.05, 0) is 0 Å². The lowest BCUT2D eigenvalue weighted by Gasteiger charge is -1.98. The summed E-state index contributed by atoms with van der Waals surface area (Å²) in [5, 5.41) is 10.2. The molecule has 0 atom stereocenters. The van der Waals surface area contributed by atoms with Gasteiger partial charge in [-0.1, -0.05) is 0 Å². The number of aromatic amines is 1. The largest absolute Gasteiger partial charge is 0.328 e. The third-order valence-electron chi connectivity index (χ3n) is 1.37. The molecule has 1 aromatic heterocycles. The van der Waals surface area contributed by atoms with Crippen LogP contribution in [0.15, 0.2) is 17.1 Å². The Morgan fingerprint density at radius 3 is 2.62 bits per heavy atom. The summed E-state index contributed by atoms with van der Waals surface area (Å²) in [5.41, 5.74) is -2.43. The minimum Gasteiger partial charge on any atom is -0.328 e. The first-order valence-electron chi connectivity index (χ1n) is 3.17. The van der Waals surface area contributed by atoms with Gasteiger partial charge in [0.05, 0.1) is 11.0 Å². The zero-order valence-electron chi connectivity index (χ0n) is 6.16. The molecule has 0 fully saturated rings. The summed E-state index contributed by atoms with van der Waals surface area (Å²) in [7, 11) is 0. The molecule has 0 spiro atoms. The quantitative estimate of drug-likeness (QED) is 0.562. The van der Waals surface area contributed by atoms with E-state index in [1.54, 1.807) is 0 Å². The number of hydrogen-bond donors (Lipinski definition) is 1. The summed E-state index contributed by atoms with van der Waals surface area (Å²) < 4.78 is 24.2. The third kappa shape index (κ3) is 1.86. The predicted octanol–water partition coefficient (Wildman–Crippen LogP) is 1.22. The van der Waals surface area contributed by atoms with E-state index in [1.165, 1.54) is 0 Å². The highest BCUT2D eigenvalue weighted by atomic mass is 19.3. The minimum absolute atomic E-state index is 0.529. The second-order valence-electron chi connectivity index (χ2n) is 2.20. The molecule has 0 saturated carbocycles. The van der Waals surface area contributed by atoms with Crippen LogP contribution >= 0.6 is 0 Å². The molecule has 1 heterocycles. The molecule has 0 bridgehead atoms. The maximum Gasteiger partial charge on any atom is 0.285 e. The van der Waals surface area contributed by atoms with Crippen molar-refractivity contribution < 1.29 is 13.7 Å². The molecule has 0 aliphatic heterocycles. The Hall–Kier alpha value is -1.79. The van der Waals surface area contributed by atoms with Crippen LogP contribution in [-0.2, 0) is 0 Å². The smallest absolute Gasteiger partial charge is 0.285 e. The fourth-order valence-electron chi connectivity index (χ4n) is 0.805. The second kappa shape index (κ2) is 3.30. The average Bonchev–Trinajstić information content (AvgIpc) is 2.03. The average molecular weight is 190 g/mol. The summed E-state index contributed by atoms with van der Waals surface area (Å²) in [6.07, 6.45) is -2.33. The van der Waals surface area contributed by atoms with Gasteiger partial charge in [-0.2, -0.15) is 0 Å². The highest BCUT2D eigenvalue weighted by Gasteiger charge is 2.21. The number of halogens is 2. The van der Waals surface area contributed by atoms with Crippen LogP contribution in [0.5, 0.6) is 0 Å². The Balaban J connectivity index is 3.35. The van der Waals surface area contributed by atoms with E-state index in [2.05, 4.69) is 0 Å². The van der Waals surface area contributed by atoms with E-state index in [0.717, 1.165) is 0 Å². The molecule has 1 N–H and O–H groups in total. The first-order chi connectivity index (χ1) is 6.02. The van der Waals surface area contributed by atoms with E-state index in [-0.39, 0.29) is 0 Å². The molecule has 1 rings (SSSR count). The zero-order valence-corrected chi connectivity index (χ0v) is 6.16. The highest BCUT2D eigenvalue weighted by molar-refractivity contribution is 5.37. The number of H-pyrrole nitrogens is 1. The molecule has 1 aromatic rings. The maximum atomic E-state index is 12.1. The zero-order chi connectivity index (χ0) is 10.0. The number of nitro groups is 1. The molecule has 0 saturated heterocycles. The molecule has 70 valence electrons. The van der Waals surface area contributed by atoms with Gasteiger partial charge in [-0.15, -0.1) is 0 Å². The summed E-state index contributed by atoms with van der Waals surface area (Å²) >= 11 is 0. The van der Waals surface area contributed by atoms with Gasteiger partial charge in [0.25, 0.3) is 17.7 Å². The molecular formula is C6H4F2N2O3. The Kier molecular flexibility index (Phi) is 2.36. The number of aromatic nitrogens is 1. The number of pyridine rings is 1. The molecule has 0 aromatic carbocycles. The molecule has 0 aliphatic rings. The van der Waals surface area contributed by atoms with E-state index in [4.69, 9.17) is 0 Å². The SMILES string of the molecule is O=c1cc([N+](=O)[O-])c(C(F)F)c[nH]1. The van der Waals surface area contributed by atoms with Crippen molar-refractivity contribution in [1.29, 1.82) is 0 Å². The predicted molar refractivity (Wildman–Crippen MR) is 38.7 cm³/mol. The van der Waals surface area contributed by atoms with Gasteiger partial charge in [-0.25, -0.2) is 8.78 Å². The van der Waals surface area contributed by atoms with Gasteiger partial charge < -0.3 is 4.98 Å². The lowest BCUT2D eigenvalue weighted by atomic mass is 10.2. The van der Waals surface area contributed by atoms with Crippen LogP contribution in [0.4, 0.5) is 14.5 Å². The molecule has 0 aliphatic carbocycles. The molecule has 0 unspecified atom stereocenters. The van der Waals surface area contributed by atoms with Crippen LogP contribution in [0, 0.1) is 10.1 Å². The molecule has 0 amide bonds. The van der Waals surface area contributed by atoms with Crippen LogP contribution in [0.2, 0.25) is 0 Å². The fraction of sp³-hybridized carbons (Fsp3) is 0.167. The van der Waals surface area contributed by atoms with Crippen molar-refractivity contribution in [3.8, 4) is 0 Å². The number of hydrogen-bond acceptors (Lipinski definition) is 3. The summed E-state index contributed by atoms with van der Waals surface area (Å²) in [5.74, 6) is 0. The standard InChI is InChI=1S/C6H4F2N2O3/c7-6(8)3-2-9-5(11)1-4(3)10(12)13/h1-2,6H,(H,9,11). The Labute approximate surface area is 70.2 Å². The van der Waals surface area contributed by atoms with Gasteiger partial charge in [0.2, 0.25) is 0 Å². The van der Waals surface area contributed by atoms with Crippen LogP contribution in [0.25, 0.3) is 0 Å². The van der Waals surface area contributed by atoms with Crippen molar-refractivity contribution >= 4 is 5.69 Å². The van der Waals surface area contributed by atoms with E-state index in [0.29, 0.717) is 12.3 Å². The first kappa shape index (κ1) is 9.30. The van der Waals surface area contributed by atoms with E-state index >= 15 is 0 Å². The molecule has 7 heteroatoms. The number of nitrogens with zero attached hydrogens (tertiary/aromatic N) is 1. The molecule has 13 heavy (non-hydrogen) atoms. The van der Waals surface area contributed by atoms with Crippen molar-refractivity contribution in [2.75, 3.05) is 0 Å². The van der Waals surface area contributed by atoms with Crippen molar-refractivity contribution in [2.45, 2.75) is 6.43 Å². The molecule has 0 radical (unpaired) electrons. The van der Waals surface area contributed by atoms with Crippen molar-refractivity contribution in [3.05, 3.63) is 38.3 Å². The van der Waals surface area contributed by atoms with Gasteiger partial charge in [0.1, 0.15) is 5.56 Å². The van der Waals surface area contributed by atoms with Gasteiger partial charge in [0, 0.05) is 6.20 Å². The molecular weight excluding hydrogens is 186 g/mol. The van der Waals surface area contributed by atoms with Gasteiger partial charge in [0.15, 0.2) is 0 Å². The van der Waals surface area contributed by atoms with Crippen molar-refractivity contribution in [3.63, 3.8) is 0 Å². The topological polar surface area (TPSA) is 76.0 Å². The summed E-state index contributed by atoms with van der Waals surface area (Å²) in [6.45, 7) is 0. The summed E-state index contributed by atoms with van der Waals surface area (Å²) in [4.78, 5) is 21.7. The number of nitrogens with one attached hydrogen (secondary N) is 1. The van der Waals surface area contributed by atoms with Crippen LogP contribution in [0.1, 0.15) is 12.0 Å². The lowest BCUT2D eigenvalue weighted by Crippen LogP contribution is -2.08. The van der Waals surface area contributed by atoms with E-state index in [1.807, 2.05) is 4.98 Å². The van der Waals surface area contributed by atoms with E-state index in [9.17, 15) is 23.7 Å². The summed E-state index contributed by atoms with van der Waals surface area (Å²) in [6, 6.07) is 0.529. The van der Waals surface area contributed by atoms with Crippen LogP contribution < -0.4 is 5.56 Å². The Morgan fingerprint density at radius 2 is 2.15 bits per heavy atom. The highest BCUT2D eigenvalue weighted by Crippen LogP contribution is 2.25. The van der Waals surface area contributed by atoms with Crippen LogP contribution in [-0.4, -0.2) is 9.91 Å². The Bertz CT molecular complexity index is 388. The first-order valence-corrected chi connectivity index (χ1v) is 3.17. The van der Waals surface area contributed by atoms with Gasteiger partial charge in [-0.3, -0.25) is 14.9 Å². The lowest BCUT2D eigenvalue weighted by molar-refractivity contribution is -0.386. The molecule has 5 nitrogen and oxygen atoms in total. The minimum atomic E-state index is -2.97. The van der Waals surface area contributed by atoms with Crippen molar-refractivity contribution in [2.24, 2.45) is 0 Å². The third-order valence-corrected chi connectivity index (χ3v) is 1.37. The Morgan fingerprint density at radius 1 is 1.54 bits per heavy atom. The fourth-order valence-corrected chi connectivity index (χ4v) is 0.805. The van der Waals surface area contributed by atoms with Crippen LogP contribution in [0.3, 0.4) is 0 Å². The monoisotopic (exact) mass is 190 g/mol. The number of alkyl halides is 2. The number of rotatable bonds is 2.